The summed E-state index contributed by atoms with van der Waals surface area (Å²) in [5.74, 6) is -0.172. The van der Waals surface area contributed by atoms with Crippen molar-refractivity contribution in [3.8, 4) is 10.4 Å². The Morgan fingerprint density at radius 2 is 1.69 bits per heavy atom. The van der Waals surface area contributed by atoms with Crippen molar-refractivity contribution in [1.82, 2.24) is 0 Å². The predicted molar refractivity (Wildman–Crippen MR) is 105 cm³/mol. The Morgan fingerprint density at radius 3 is 2.42 bits per heavy atom. The van der Waals surface area contributed by atoms with E-state index in [4.69, 9.17) is 0 Å². The number of sulfone groups is 1. The van der Waals surface area contributed by atoms with Gasteiger partial charge in [0.05, 0.1) is 9.77 Å². The molecule has 1 aliphatic rings. The molecule has 0 radical (unpaired) electrons. The Bertz CT molecular complexity index is 1100. The average Bonchev–Trinajstić information content (AvgIpc) is 3.06. The number of fused-ring (bicyclic) bond motifs is 3. The molecular weight excluding hydrogens is 366 g/mol. The second kappa shape index (κ2) is 6.37. The van der Waals surface area contributed by atoms with Gasteiger partial charge < -0.3 is 5.32 Å². The number of carbonyl (C=O) groups is 1. The summed E-state index contributed by atoms with van der Waals surface area (Å²) in [4.78, 5) is 14.7. The monoisotopic (exact) mass is 383 g/mol. The van der Waals surface area contributed by atoms with Crippen LogP contribution in [0, 0.1) is 0 Å². The average molecular weight is 383 g/mol. The molecule has 0 saturated carbocycles. The van der Waals surface area contributed by atoms with E-state index in [0.717, 1.165) is 19.1 Å². The van der Waals surface area contributed by atoms with Crippen LogP contribution in [0.5, 0.6) is 0 Å². The SMILES string of the molecule is CS(=O)(=O)c1ccc(NC(=O)c2cc3c(s2)-c2ccccc2CC3)cc1. The normalized spacial score (nSPS) is 13.0. The molecule has 0 unspecified atom stereocenters. The molecule has 0 aliphatic heterocycles. The number of thiophene rings is 1. The lowest BCUT2D eigenvalue weighted by molar-refractivity contribution is 0.103. The largest absolute Gasteiger partial charge is 0.321 e. The number of hydrogen-bond acceptors (Lipinski definition) is 4. The predicted octanol–water partition coefficient (Wildman–Crippen LogP) is 4.17. The maximum atomic E-state index is 12.6. The van der Waals surface area contributed by atoms with Gasteiger partial charge in [-0.25, -0.2) is 8.42 Å². The van der Waals surface area contributed by atoms with Gasteiger partial charge in [0.2, 0.25) is 0 Å². The number of amides is 1. The first-order valence-electron chi connectivity index (χ1n) is 8.24. The molecule has 132 valence electrons. The summed E-state index contributed by atoms with van der Waals surface area (Å²) in [6, 6.07) is 16.5. The summed E-state index contributed by atoms with van der Waals surface area (Å²) >= 11 is 1.50. The van der Waals surface area contributed by atoms with Crippen LogP contribution >= 0.6 is 11.3 Å². The van der Waals surface area contributed by atoms with E-state index >= 15 is 0 Å². The summed E-state index contributed by atoms with van der Waals surface area (Å²) in [7, 11) is -3.24. The van der Waals surface area contributed by atoms with Crippen molar-refractivity contribution >= 4 is 32.8 Å². The fourth-order valence-electron chi connectivity index (χ4n) is 3.16. The number of anilines is 1. The molecule has 1 amide bonds. The van der Waals surface area contributed by atoms with Gasteiger partial charge in [0.25, 0.3) is 5.91 Å². The Labute approximate surface area is 156 Å². The van der Waals surface area contributed by atoms with Gasteiger partial charge in [0.15, 0.2) is 9.84 Å². The number of carbonyl (C=O) groups excluding carboxylic acids is 1. The molecule has 4 rings (SSSR count). The van der Waals surface area contributed by atoms with E-state index in [0.29, 0.717) is 10.6 Å². The molecule has 1 aromatic heterocycles. The van der Waals surface area contributed by atoms with Crippen molar-refractivity contribution in [2.24, 2.45) is 0 Å². The van der Waals surface area contributed by atoms with Crippen molar-refractivity contribution in [2.75, 3.05) is 11.6 Å². The van der Waals surface area contributed by atoms with Gasteiger partial charge in [0, 0.05) is 16.8 Å². The van der Waals surface area contributed by atoms with Crippen LogP contribution in [0.15, 0.2) is 59.5 Å². The minimum atomic E-state index is -3.24. The topological polar surface area (TPSA) is 63.2 Å². The van der Waals surface area contributed by atoms with Gasteiger partial charge in [-0.3, -0.25) is 4.79 Å². The van der Waals surface area contributed by atoms with Crippen LogP contribution in [0.3, 0.4) is 0 Å². The van der Waals surface area contributed by atoms with E-state index in [-0.39, 0.29) is 10.8 Å². The quantitative estimate of drug-likeness (QED) is 0.738. The maximum Gasteiger partial charge on any atom is 0.265 e. The second-order valence-electron chi connectivity index (χ2n) is 6.37. The molecule has 26 heavy (non-hydrogen) atoms. The minimum absolute atomic E-state index is 0.172. The highest BCUT2D eigenvalue weighted by Gasteiger charge is 2.21. The first-order valence-corrected chi connectivity index (χ1v) is 10.9. The van der Waals surface area contributed by atoms with Crippen molar-refractivity contribution in [2.45, 2.75) is 17.7 Å². The lowest BCUT2D eigenvalue weighted by Crippen LogP contribution is -2.10. The Balaban J connectivity index is 1.58. The number of hydrogen-bond donors (Lipinski definition) is 1. The van der Waals surface area contributed by atoms with Crippen LogP contribution in [-0.2, 0) is 22.7 Å². The molecule has 2 aromatic carbocycles. The zero-order valence-electron chi connectivity index (χ0n) is 14.2. The van der Waals surface area contributed by atoms with E-state index < -0.39 is 9.84 Å². The van der Waals surface area contributed by atoms with E-state index in [1.807, 2.05) is 18.2 Å². The summed E-state index contributed by atoms with van der Waals surface area (Å²) in [5.41, 5.74) is 4.33. The second-order valence-corrected chi connectivity index (χ2v) is 9.44. The molecule has 3 aromatic rings. The first kappa shape index (κ1) is 17.0. The summed E-state index contributed by atoms with van der Waals surface area (Å²) in [6.07, 6.45) is 3.10. The van der Waals surface area contributed by atoms with Crippen molar-refractivity contribution in [3.05, 3.63) is 70.6 Å². The molecule has 0 spiro atoms. The third kappa shape index (κ3) is 3.18. The number of nitrogens with one attached hydrogen (secondary N) is 1. The van der Waals surface area contributed by atoms with E-state index in [2.05, 4.69) is 17.4 Å². The Kier molecular flexibility index (Phi) is 4.17. The smallest absolute Gasteiger partial charge is 0.265 e. The lowest BCUT2D eigenvalue weighted by Gasteiger charge is -2.15. The van der Waals surface area contributed by atoms with E-state index in [1.165, 1.54) is 45.0 Å². The fraction of sp³-hybridized carbons (Fsp3) is 0.150. The van der Waals surface area contributed by atoms with Crippen molar-refractivity contribution in [1.29, 1.82) is 0 Å². The molecule has 0 atom stereocenters. The van der Waals surface area contributed by atoms with Gasteiger partial charge >= 0.3 is 0 Å². The maximum absolute atomic E-state index is 12.6. The van der Waals surface area contributed by atoms with Gasteiger partial charge in [-0.2, -0.15) is 0 Å². The highest BCUT2D eigenvalue weighted by atomic mass is 32.2. The van der Waals surface area contributed by atoms with Crippen LogP contribution in [-0.4, -0.2) is 20.6 Å². The number of rotatable bonds is 3. The van der Waals surface area contributed by atoms with Gasteiger partial charge in [-0.05, 0) is 59.9 Å². The highest BCUT2D eigenvalue weighted by molar-refractivity contribution is 7.90. The number of aryl methyl sites for hydroxylation is 2. The van der Waals surface area contributed by atoms with Crippen LogP contribution < -0.4 is 5.32 Å². The Hall–Kier alpha value is -2.44. The lowest BCUT2D eigenvalue weighted by atomic mass is 9.91. The molecule has 1 heterocycles. The Morgan fingerprint density at radius 1 is 1.00 bits per heavy atom. The standard InChI is InChI=1S/C20H17NO3S2/c1-26(23,24)16-10-8-15(9-11-16)21-20(22)18-12-14-7-6-13-4-2-3-5-17(13)19(14)25-18/h2-5,8-12H,6-7H2,1H3,(H,21,22). The molecule has 0 saturated heterocycles. The van der Waals surface area contributed by atoms with Gasteiger partial charge in [0.1, 0.15) is 0 Å². The number of benzene rings is 2. The van der Waals surface area contributed by atoms with Crippen LogP contribution in [0.1, 0.15) is 20.8 Å². The zero-order valence-corrected chi connectivity index (χ0v) is 15.8. The zero-order chi connectivity index (χ0) is 18.3. The molecule has 1 N–H and O–H groups in total. The molecule has 6 heteroatoms. The van der Waals surface area contributed by atoms with Gasteiger partial charge in [-0.1, -0.05) is 24.3 Å². The highest BCUT2D eigenvalue weighted by Crippen LogP contribution is 2.39. The summed E-state index contributed by atoms with van der Waals surface area (Å²) < 4.78 is 23.0. The van der Waals surface area contributed by atoms with Gasteiger partial charge in [-0.15, -0.1) is 11.3 Å². The minimum Gasteiger partial charge on any atom is -0.321 e. The molecule has 1 aliphatic carbocycles. The third-order valence-corrected chi connectivity index (χ3v) is 6.84. The fourth-order valence-corrected chi connectivity index (χ4v) is 4.96. The molecule has 4 nitrogen and oxygen atoms in total. The third-order valence-electron chi connectivity index (χ3n) is 4.50. The van der Waals surface area contributed by atoms with Crippen LogP contribution in [0.2, 0.25) is 0 Å². The van der Waals surface area contributed by atoms with E-state index in [1.54, 1.807) is 12.1 Å². The molecular formula is C20H17NO3S2. The van der Waals surface area contributed by atoms with Crippen molar-refractivity contribution < 1.29 is 13.2 Å². The molecule has 0 fully saturated rings. The van der Waals surface area contributed by atoms with E-state index in [9.17, 15) is 13.2 Å². The summed E-state index contributed by atoms with van der Waals surface area (Å²) in [6.45, 7) is 0. The van der Waals surface area contributed by atoms with Crippen molar-refractivity contribution in [3.63, 3.8) is 0 Å². The first-order chi connectivity index (χ1) is 12.4. The van der Waals surface area contributed by atoms with Crippen LogP contribution in [0.4, 0.5) is 5.69 Å². The van der Waals surface area contributed by atoms with Crippen LogP contribution in [0.25, 0.3) is 10.4 Å². The molecule has 0 bridgehead atoms. The summed E-state index contributed by atoms with van der Waals surface area (Å²) in [5, 5.41) is 2.85.